The SMILES string of the molecule is O=C(Nc1nc2c(s1)CSc1ccccc1-2)c1cccc(NS(=O)(=O)c2ccccc2)c1. The van der Waals surface area contributed by atoms with Crippen molar-refractivity contribution in [3.63, 3.8) is 0 Å². The molecule has 0 aliphatic carbocycles. The van der Waals surface area contributed by atoms with Gasteiger partial charge in [-0.3, -0.25) is 14.8 Å². The monoisotopic (exact) mass is 479 g/mol. The third kappa shape index (κ3) is 4.14. The summed E-state index contributed by atoms with van der Waals surface area (Å²) in [5.41, 5.74) is 2.63. The predicted octanol–water partition coefficient (Wildman–Crippen LogP) is 5.47. The number of amides is 1. The number of anilines is 2. The minimum absolute atomic E-state index is 0.154. The quantitative estimate of drug-likeness (QED) is 0.396. The molecule has 4 aromatic rings. The molecule has 1 aliphatic heterocycles. The van der Waals surface area contributed by atoms with Crippen molar-refractivity contribution in [2.75, 3.05) is 10.0 Å². The van der Waals surface area contributed by atoms with E-state index in [1.165, 1.54) is 34.4 Å². The molecule has 0 atom stereocenters. The Morgan fingerprint density at radius 2 is 1.72 bits per heavy atom. The van der Waals surface area contributed by atoms with Crippen LogP contribution >= 0.6 is 23.1 Å². The number of fused-ring (bicyclic) bond motifs is 3. The number of benzene rings is 3. The molecule has 5 rings (SSSR count). The van der Waals surface area contributed by atoms with Crippen molar-refractivity contribution in [2.24, 2.45) is 0 Å². The van der Waals surface area contributed by atoms with Crippen molar-refractivity contribution < 1.29 is 13.2 Å². The van der Waals surface area contributed by atoms with Gasteiger partial charge in [0.2, 0.25) is 0 Å². The summed E-state index contributed by atoms with van der Waals surface area (Å²) in [5.74, 6) is 0.467. The summed E-state index contributed by atoms with van der Waals surface area (Å²) < 4.78 is 27.7. The molecular formula is C23H17N3O3S3. The van der Waals surface area contributed by atoms with Crippen LogP contribution < -0.4 is 10.0 Å². The van der Waals surface area contributed by atoms with Crippen LogP contribution in [0.5, 0.6) is 0 Å². The van der Waals surface area contributed by atoms with E-state index in [2.05, 4.69) is 21.1 Å². The van der Waals surface area contributed by atoms with E-state index in [1.54, 1.807) is 48.2 Å². The first-order chi connectivity index (χ1) is 15.5. The smallest absolute Gasteiger partial charge is 0.261 e. The number of carbonyl (C=O) groups excluding carboxylic acids is 1. The van der Waals surface area contributed by atoms with Gasteiger partial charge in [0, 0.05) is 32.3 Å². The van der Waals surface area contributed by atoms with E-state index in [9.17, 15) is 13.2 Å². The van der Waals surface area contributed by atoms with Crippen LogP contribution in [0, 0.1) is 0 Å². The van der Waals surface area contributed by atoms with Crippen molar-refractivity contribution in [1.82, 2.24) is 4.98 Å². The molecule has 0 fully saturated rings. The largest absolute Gasteiger partial charge is 0.298 e. The Hall–Kier alpha value is -3.14. The Morgan fingerprint density at radius 3 is 2.56 bits per heavy atom. The van der Waals surface area contributed by atoms with Gasteiger partial charge in [-0.25, -0.2) is 13.4 Å². The Kier molecular flexibility index (Phi) is 5.46. The lowest BCUT2D eigenvalue weighted by molar-refractivity contribution is 0.102. The molecule has 0 bridgehead atoms. The van der Waals surface area contributed by atoms with E-state index in [0.717, 1.165) is 21.9 Å². The molecule has 6 nitrogen and oxygen atoms in total. The molecule has 2 N–H and O–H groups in total. The van der Waals surface area contributed by atoms with Gasteiger partial charge in [0.1, 0.15) is 0 Å². The minimum atomic E-state index is -3.74. The van der Waals surface area contributed by atoms with Gasteiger partial charge >= 0.3 is 0 Å². The van der Waals surface area contributed by atoms with Crippen LogP contribution in [-0.2, 0) is 15.8 Å². The number of sulfonamides is 1. The van der Waals surface area contributed by atoms with E-state index < -0.39 is 10.0 Å². The third-order valence-corrected chi connectivity index (χ3v) is 8.50. The fraction of sp³-hybridized carbons (Fsp3) is 0.0435. The number of carbonyl (C=O) groups is 1. The molecule has 32 heavy (non-hydrogen) atoms. The molecular weight excluding hydrogens is 462 g/mol. The van der Waals surface area contributed by atoms with Crippen LogP contribution in [-0.4, -0.2) is 19.3 Å². The van der Waals surface area contributed by atoms with Gasteiger partial charge in [0.15, 0.2) is 5.13 Å². The van der Waals surface area contributed by atoms with Crippen molar-refractivity contribution in [1.29, 1.82) is 0 Å². The molecule has 0 unspecified atom stereocenters. The van der Waals surface area contributed by atoms with Crippen LogP contribution in [0.1, 0.15) is 15.2 Å². The number of thiazole rings is 1. The molecule has 9 heteroatoms. The van der Waals surface area contributed by atoms with Crippen molar-refractivity contribution in [3.8, 4) is 11.3 Å². The average molecular weight is 480 g/mol. The van der Waals surface area contributed by atoms with Gasteiger partial charge in [0.25, 0.3) is 15.9 Å². The number of aromatic nitrogens is 1. The molecule has 0 radical (unpaired) electrons. The van der Waals surface area contributed by atoms with Crippen LogP contribution in [0.4, 0.5) is 10.8 Å². The van der Waals surface area contributed by atoms with E-state index in [0.29, 0.717) is 16.4 Å². The first-order valence-electron chi connectivity index (χ1n) is 9.71. The van der Waals surface area contributed by atoms with Gasteiger partial charge < -0.3 is 0 Å². The second-order valence-electron chi connectivity index (χ2n) is 7.03. The second-order valence-corrected chi connectivity index (χ2v) is 10.8. The summed E-state index contributed by atoms with van der Waals surface area (Å²) in [5, 5.41) is 3.37. The van der Waals surface area contributed by atoms with Crippen LogP contribution in [0.2, 0.25) is 0 Å². The predicted molar refractivity (Wildman–Crippen MR) is 129 cm³/mol. The van der Waals surface area contributed by atoms with Crippen LogP contribution in [0.25, 0.3) is 11.3 Å². The van der Waals surface area contributed by atoms with E-state index >= 15 is 0 Å². The molecule has 1 amide bonds. The van der Waals surface area contributed by atoms with Crippen molar-refractivity contribution in [3.05, 3.63) is 89.3 Å². The highest BCUT2D eigenvalue weighted by molar-refractivity contribution is 7.98. The molecule has 1 aliphatic rings. The summed E-state index contributed by atoms with van der Waals surface area (Å²) >= 11 is 3.22. The van der Waals surface area contributed by atoms with Crippen LogP contribution in [0.3, 0.4) is 0 Å². The van der Waals surface area contributed by atoms with Gasteiger partial charge in [0.05, 0.1) is 10.6 Å². The zero-order chi connectivity index (χ0) is 22.1. The Balaban J connectivity index is 1.35. The summed E-state index contributed by atoms with van der Waals surface area (Å²) in [7, 11) is -3.74. The van der Waals surface area contributed by atoms with Crippen LogP contribution in [0.15, 0.2) is 88.7 Å². The highest BCUT2D eigenvalue weighted by Gasteiger charge is 2.22. The lowest BCUT2D eigenvalue weighted by Gasteiger charge is -2.13. The molecule has 2 heterocycles. The molecule has 160 valence electrons. The summed E-state index contributed by atoms with van der Waals surface area (Å²) in [4.78, 5) is 19.9. The molecule has 0 saturated heterocycles. The maximum atomic E-state index is 12.8. The standard InChI is InChI=1S/C23H17N3O3S3/c27-22(25-23-24-21-18-11-4-5-12-19(18)30-14-20(21)31-23)15-7-6-8-16(13-15)26-32(28,29)17-9-2-1-3-10-17/h1-13,26H,14H2,(H,24,25,27). The van der Waals surface area contributed by atoms with Crippen molar-refractivity contribution in [2.45, 2.75) is 15.5 Å². The number of hydrogen-bond acceptors (Lipinski definition) is 6. The Morgan fingerprint density at radius 1 is 0.938 bits per heavy atom. The van der Waals surface area contributed by atoms with Gasteiger partial charge in [-0.05, 0) is 36.4 Å². The number of thioether (sulfide) groups is 1. The maximum absolute atomic E-state index is 12.8. The molecule has 3 aromatic carbocycles. The zero-order valence-electron chi connectivity index (χ0n) is 16.6. The summed E-state index contributed by atoms with van der Waals surface area (Å²) in [6.07, 6.45) is 0. The number of nitrogens with zero attached hydrogens (tertiary/aromatic N) is 1. The first kappa shape index (κ1) is 20.7. The summed E-state index contributed by atoms with van der Waals surface area (Å²) in [6, 6.07) is 22.6. The lowest BCUT2D eigenvalue weighted by atomic mass is 10.1. The molecule has 1 aromatic heterocycles. The normalized spacial score (nSPS) is 12.5. The van der Waals surface area contributed by atoms with Gasteiger partial charge in [-0.15, -0.1) is 23.1 Å². The maximum Gasteiger partial charge on any atom is 0.261 e. The summed E-state index contributed by atoms with van der Waals surface area (Å²) in [6.45, 7) is 0. The van der Waals surface area contributed by atoms with E-state index in [4.69, 9.17) is 0 Å². The second kappa shape index (κ2) is 8.42. The van der Waals surface area contributed by atoms with Crippen molar-refractivity contribution >= 4 is 49.8 Å². The zero-order valence-corrected chi connectivity index (χ0v) is 19.1. The fourth-order valence-electron chi connectivity index (χ4n) is 3.35. The first-order valence-corrected chi connectivity index (χ1v) is 13.0. The number of nitrogens with one attached hydrogen (secondary N) is 2. The fourth-order valence-corrected chi connectivity index (χ4v) is 6.52. The number of hydrogen-bond donors (Lipinski definition) is 2. The Labute approximate surface area is 193 Å². The third-order valence-electron chi connectivity index (χ3n) is 4.85. The highest BCUT2D eigenvalue weighted by Crippen LogP contribution is 2.44. The number of rotatable bonds is 5. The van der Waals surface area contributed by atoms with Gasteiger partial charge in [-0.1, -0.05) is 42.5 Å². The topological polar surface area (TPSA) is 88.2 Å². The lowest BCUT2D eigenvalue weighted by Crippen LogP contribution is -2.15. The van der Waals surface area contributed by atoms with E-state index in [1.807, 2.05) is 18.2 Å². The molecule has 0 spiro atoms. The van der Waals surface area contributed by atoms with E-state index in [-0.39, 0.29) is 10.8 Å². The minimum Gasteiger partial charge on any atom is -0.298 e. The molecule has 0 saturated carbocycles. The average Bonchev–Trinajstić information content (AvgIpc) is 3.22. The van der Waals surface area contributed by atoms with Gasteiger partial charge in [-0.2, -0.15) is 0 Å². The Bertz CT molecular complexity index is 1420. The highest BCUT2D eigenvalue weighted by atomic mass is 32.2.